The second-order valence-electron chi connectivity index (χ2n) is 7.49. The molecule has 0 heterocycles. The standard InChI is InChI=1S/C23H30ClN3O4S/c1-5-20(23(29)25-6-2)26(15-18-12-8-9-13-19(18)24)22(28)16-27(32(4,30)31)21-14-10-7-11-17(21)3/h7-14,20H,5-6,15-16H2,1-4H3,(H,25,29). The average Bonchev–Trinajstić information content (AvgIpc) is 2.73. The summed E-state index contributed by atoms with van der Waals surface area (Å²) in [5.74, 6) is -0.783. The maximum Gasteiger partial charge on any atom is 0.244 e. The summed E-state index contributed by atoms with van der Waals surface area (Å²) >= 11 is 6.31. The third-order valence-corrected chi connectivity index (χ3v) is 6.59. The zero-order chi connectivity index (χ0) is 23.9. The van der Waals surface area contributed by atoms with Crippen LogP contribution >= 0.6 is 11.6 Å². The van der Waals surface area contributed by atoms with E-state index in [1.165, 1.54) is 4.90 Å². The Morgan fingerprint density at radius 1 is 1.06 bits per heavy atom. The number of anilines is 1. The number of hydrogen-bond donors (Lipinski definition) is 1. The van der Waals surface area contributed by atoms with E-state index in [1.807, 2.05) is 6.92 Å². The first-order valence-corrected chi connectivity index (χ1v) is 12.7. The van der Waals surface area contributed by atoms with Crippen molar-refractivity contribution in [3.63, 3.8) is 0 Å². The van der Waals surface area contributed by atoms with Gasteiger partial charge in [0.2, 0.25) is 21.8 Å². The van der Waals surface area contributed by atoms with Crippen LogP contribution in [0.5, 0.6) is 0 Å². The molecule has 0 fully saturated rings. The molecule has 0 aromatic heterocycles. The molecule has 0 saturated heterocycles. The van der Waals surface area contributed by atoms with Gasteiger partial charge in [0.25, 0.3) is 0 Å². The third kappa shape index (κ3) is 6.46. The van der Waals surface area contributed by atoms with Crippen molar-refractivity contribution in [3.05, 3.63) is 64.7 Å². The Balaban J connectivity index is 2.46. The van der Waals surface area contributed by atoms with Gasteiger partial charge in [-0.25, -0.2) is 8.42 Å². The van der Waals surface area contributed by atoms with Crippen molar-refractivity contribution >= 4 is 39.1 Å². The van der Waals surface area contributed by atoms with E-state index in [9.17, 15) is 18.0 Å². The minimum absolute atomic E-state index is 0.0829. The second kappa shape index (κ2) is 11.3. The zero-order valence-corrected chi connectivity index (χ0v) is 20.4. The Morgan fingerprint density at radius 3 is 2.25 bits per heavy atom. The van der Waals surface area contributed by atoms with E-state index >= 15 is 0 Å². The highest BCUT2D eigenvalue weighted by molar-refractivity contribution is 7.92. The number of halogens is 1. The number of hydrogen-bond acceptors (Lipinski definition) is 4. The molecule has 1 atom stereocenters. The fraction of sp³-hybridized carbons (Fsp3) is 0.391. The van der Waals surface area contributed by atoms with Crippen LogP contribution in [0.2, 0.25) is 5.02 Å². The molecule has 32 heavy (non-hydrogen) atoms. The Hall–Kier alpha value is -2.58. The first-order chi connectivity index (χ1) is 15.1. The molecule has 174 valence electrons. The molecule has 0 radical (unpaired) electrons. The van der Waals surface area contributed by atoms with Crippen LogP contribution in [0.15, 0.2) is 48.5 Å². The van der Waals surface area contributed by atoms with E-state index in [0.717, 1.165) is 16.1 Å². The Morgan fingerprint density at radius 2 is 1.69 bits per heavy atom. The van der Waals surface area contributed by atoms with Gasteiger partial charge in [-0.1, -0.05) is 54.9 Å². The van der Waals surface area contributed by atoms with E-state index in [4.69, 9.17) is 11.6 Å². The number of aryl methyl sites for hydroxylation is 1. The number of amides is 2. The number of nitrogens with one attached hydrogen (secondary N) is 1. The van der Waals surface area contributed by atoms with Crippen LogP contribution < -0.4 is 9.62 Å². The van der Waals surface area contributed by atoms with Gasteiger partial charge in [-0.2, -0.15) is 0 Å². The number of para-hydroxylation sites is 1. The molecule has 1 N–H and O–H groups in total. The summed E-state index contributed by atoms with van der Waals surface area (Å²) in [6.07, 6.45) is 1.43. The van der Waals surface area contributed by atoms with Gasteiger partial charge in [-0.3, -0.25) is 13.9 Å². The minimum atomic E-state index is -3.75. The van der Waals surface area contributed by atoms with Crippen molar-refractivity contribution in [3.8, 4) is 0 Å². The smallest absolute Gasteiger partial charge is 0.244 e. The topological polar surface area (TPSA) is 86.8 Å². The second-order valence-corrected chi connectivity index (χ2v) is 9.80. The zero-order valence-electron chi connectivity index (χ0n) is 18.8. The average molecular weight is 480 g/mol. The summed E-state index contributed by atoms with van der Waals surface area (Å²) < 4.78 is 26.2. The van der Waals surface area contributed by atoms with Crippen molar-refractivity contribution in [1.29, 1.82) is 0 Å². The lowest BCUT2D eigenvalue weighted by Gasteiger charge is -2.33. The van der Waals surface area contributed by atoms with E-state index in [-0.39, 0.29) is 12.5 Å². The van der Waals surface area contributed by atoms with Gasteiger partial charge in [0.05, 0.1) is 11.9 Å². The predicted octanol–water partition coefficient (Wildman–Crippen LogP) is 3.36. The van der Waals surface area contributed by atoms with Crippen molar-refractivity contribution in [1.82, 2.24) is 10.2 Å². The first-order valence-electron chi connectivity index (χ1n) is 10.4. The van der Waals surface area contributed by atoms with Gasteiger partial charge in [0.1, 0.15) is 12.6 Å². The summed E-state index contributed by atoms with van der Waals surface area (Å²) in [6, 6.07) is 13.3. The molecule has 0 aliphatic rings. The lowest BCUT2D eigenvalue weighted by atomic mass is 10.1. The van der Waals surface area contributed by atoms with E-state index in [2.05, 4.69) is 5.32 Å². The molecule has 0 saturated carbocycles. The molecule has 0 aliphatic carbocycles. The highest BCUT2D eigenvalue weighted by Gasteiger charge is 2.32. The number of carbonyl (C=O) groups is 2. The number of nitrogens with zero attached hydrogens (tertiary/aromatic N) is 2. The largest absolute Gasteiger partial charge is 0.355 e. The normalized spacial score (nSPS) is 12.2. The maximum atomic E-state index is 13.5. The number of carbonyl (C=O) groups excluding carboxylic acids is 2. The van der Waals surface area contributed by atoms with E-state index in [1.54, 1.807) is 62.4 Å². The summed E-state index contributed by atoms with van der Waals surface area (Å²) in [4.78, 5) is 27.6. The molecule has 0 bridgehead atoms. The summed E-state index contributed by atoms with van der Waals surface area (Å²) in [5, 5.41) is 3.23. The molecule has 2 aromatic carbocycles. The Bertz CT molecular complexity index is 1060. The highest BCUT2D eigenvalue weighted by atomic mass is 35.5. The molecule has 2 amide bonds. The van der Waals surface area contributed by atoms with Crippen LogP contribution in [-0.4, -0.2) is 50.5 Å². The first kappa shape index (κ1) is 25.7. The summed E-state index contributed by atoms with van der Waals surface area (Å²) in [5.41, 5.74) is 1.82. The molecule has 0 spiro atoms. The number of rotatable bonds is 10. The Kier molecular flexibility index (Phi) is 9.09. The molecule has 9 heteroatoms. The predicted molar refractivity (Wildman–Crippen MR) is 128 cm³/mol. The lowest BCUT2D eigenvalue weighted by Crippen LogP contribution is -2.52. The fourth-order valence-corrected chi connectivity index (χ4v) is 4.56. The molecule has 1 unspecified atom stereocenters. The van der Waals surface area contributed by atoms with Crippen molar-refractivity contribution in [2.24, 2.45) is 0 Å². The molecular weight excluding hydrogens is 450 g/mol. The van der Waals surface area contributed by atoms with E-state index in [0.29, 0.717) is 29.2 Å². The van der Waals surface area contributed by atoms with Gasteiger partial charge in [0, 0.05) is 18.1 Å². The molecular formula is C23H30ClN3O4S. The van der Waals surface area contributed by atoms with Gasteiger partial charge >= 0.3 is 0 Å². The van der Waals surface area contributed by atoms with Gasteiger partial charge < -0.3 is 10.2 Å². The lowest BCUT2D eigenvalue weighted by molar-refractivity contribution is -0.140. The van der Waals surface area contributed by atoms with Gasteiger partial charge in [0.15, 0.2) is 0 Å². The van der Waals surface area contributed by atoms with Crippen LogP contribution in [-0.2, 0) is 26.2 Å². The quantitative estimate of drug-likeness (QED) is 0.566. The van der Waals surface area contributed by atoms with Gasteiger partial charge in [-0.15, -0.1) is 0 Å². The summed E-state index contributed by atoms with van der Waals surface area (Å²) in [7, 11) is -3.75. The van der Waals surface area contributed by atoms with Crippen molar-refractivity contribution < 1.29 is 18.0 Å². The van der Waals surface area contributed by atoms with Crippen LogP contribution in [0.1, 0.15) is 31.4 Å². The van der Waals surface area contributed by atoms with E-state index < -0.39 is 28.5 Å². The molecule has 0 aliphatic heterocycles. The SMILES string of the molecule is CCNC(=O)C(CC)N(Cc1ccccc1Cl)C(=O)CN(c1ccccc1C)S(C)(=O)=O. The Labute approximate surface area is 195 Å². The van der Waals surface area contributed by atoms with Crippen molar-refractivity contribution in [2.45, 2.75) is 39.8 Å². The monoisotopic (exact) mass is 479 g/mol. The van der Waals surface area contributed by atoms with Gasteiger partial charge in [-0.05, 0) is 43.5 Å². The van der Waals surface area contributed by atoms with Crippen molar-refractivity contribution in [2.75, 3.05) is 23.7 Å². The van der Waals surface area contributed by atoms with Crippen LogP contribution in [0.25, 0.3) is 0 Å². The summed E-state index contributed by atoms with van der Waals surface area (Å²) in [6.45, 7) is 5.46. The number of likely N-dealkylation sites (N-methyl/N-ethyl adjacent to an activating group) is 1. The van der Waals surface area contributed by atoms with Crippen LogP contribution in [0.3, 0.4) is 0 Å². The third-order valence-electron chi connectivity index (χ3n) is 5.10. The molecule has 7 nitrogen and oxygen atoms in total. The fourth-order valence-electron chi connectivity index (χ4n) is 3.46. The van der Waals surface area contributed by atoms with Crippen LogP contribution in [0.4, 0.5) is 5.69 Å². The number of sulfonamides is 1. The maximum absolute atomic E-state index is 13.5. The molecule has 2 aromatic rings. The van der Waals surface area contributed by atoms with Crippen LogP contribution in [0, 0.1) is 6.92 Å². The number of benzene rings is 2. The minimum Gasteiger partial charge on any atom is -0.355 e. The highest BCUT2D eigenvalue weighted by Crippen LogP contribution is 2.24. The molecule has 2 rings (SSSR count).